The van der Waals surface area contributed by atoms with Crippen molar-refractivity contribution in [3.8, 4) is 17.2 Å². The summed E-state index contributed by atoms with van der Waals surface area (Å²) >= 11 is 0. The Balaban J connectivity index is 1.44. The summed E-state index contributed by atoms with van der Waals surface area (Å²) in [5.41, 5.74) is 6.70. The van der Waals surface area contributed by atoms with Gasteiger partial charge in [-0.25, -0.2) is 0 Å². The molecule has 1 fully saturated rings. The summed E-state index contributed by atoms with van der Waals surface area (Å²) in [6.45, 7) is 5.26. The molecule has 0 N–H and O–H groups in total. The molecule has 4 rings (SSSR count). The Morgan fingerprint density at radius 3 is 2.37 bits per heavy atom. The molecule has 3 aromatic rings. The number of hydrogen-bond acceptors (Lipinski definition) is 4. The van der Waals surface area contributed by atoms with Crippen molar-refractivity contribution in [2.45, 2.75) is 13.1 Å². The third-order valence-electron chi connectivity index (χ3n) is 5.55. The number of hydrogen-bond donors (Lipinski definition) is 0. The number of para-hydroxylation sites is 1. The highest BCUT2D eigenvalue weighted by molar-refractivity contribution is 5.70. The second-order valence-corrected chi connectivity index (χ2v) is 7.75. The average molecular weight is 398 g/mol. The molecule has 0 saturated carbocycles. The van der Waals surface area contributed by atoms with Crippen molar-refractivity contribution in [3.63, 3.8) is 0 Å². The number of ether oxygens (including phenoxy) is 1. The van der Waals surface area contributed by atoms with Crippen LogP contribution >= 0.6 is 0 Å². The Bertz CT molecular complexity index is 1020. The molecule has 0 aromatic heterocycles. The van der Waals surface area contributed by atoms with E-state index in [1.807, 2.05) is 24.3 Å². The first-order valence-corrected chi connectivity index (χ1v) is 10.4. The van der Waals surface area contributed by atoms with Gasteiger partial charge in [0, 0.05) is 31.9 Å². The van der Waals surface area contributed by atoms with Crippen LogP contribution in [0.2, 0.25) is 0 Å². The van der Waals surface area contributed by atoms with Crippen LogP contribution in [0, 0.1) is 11.3 Å². The van der Waals surface area contributed by atoms with E-state index in [0.717, 1.165) is 50.5 Å². The molecule has 1 aliphatic heterocycles. The molecule has 0 atom stereocenters. The lowest BCUT2D eigenvalue weighted by Gasteiger charge is -2.31. The van der Waals surface area contributed by atoms with E-state index < -0.39 is 0 Å². The van der Waals surface area contributed by atoms with Gasteiger partial charge in [-0.05, 0) is 41.4 Å². The van der Waals surface area contributed by atoms with E-state index in [2.05, 4.69) is 71.4 Å². The normalized spacial score (nSPS) is 14.0. The highest BCUT2D eigenvalue weighted by Crippen LogP contribution is 2.25. The monoisotopic (exact) mass is 397 g/mol. The van der Waals surface area contributed by atoms with Crippen molar-refractivity contribution in [3.05, 3.63) is 89.5 Å². The van der Waals surface area contributed by atoms with Gasteiger partial charge in [-0.15, -0.1) is 0 Å². The molecule has 1 aliphatic rings. The van der Waals surface area contributed by atoms with Gasteiger partial charge < -0.3 is 9.64 Å². The molecule has 30 heavy (non-hydrogen) atoms. The quantitative estimate of drug-likeness (QED) is 0.605. The third kappa shape index (κ3) is 4.71. The lowest BCUT2D eigenvalue weighted by molar-refractivity contribution is 0.122. The third-order valence-corrected chi connectivity index (χ3v) is 5.55. The lowest BCUT2D eigenvalue weighted by Crippen LogP contribution is -2.37. The van der Waals surface area contributed by atoms with Gasteiger partial charge >= 0.3 is 0 Å². The van der Waals surface area contributed by atoms with Crippen molar-refractivity contribution >= 4 is 5.69 Å². The van der Waals surface area contributed by atoms with Crippen molar-refractivity contribution < 1.29 is 4.74 Å². The van der Waals surface area contributed by atoms with Crippen LogP contribution in [-0.2, 0) is 17.8 Å². The van der Waals surface area contributed by atoms with Crippen LogP contribution < -0.4 is 4.90 Å². The molecule has 0 spiro atoms. The topological polar surface area (TPSA) is 39.5 Å². The first kappa shape index (κ1) is 20.2. The van der Waals surface area contributed by atoms with E-state index in [1.54, 1.807) is 0 Å². The van der Waals surface area contributed by atoms with Crippen molar-refractivity contribution in [2.24, 2.45) is 0 Å². The number of morpholine rings is 1. The summed E-state index contributed by atoms with van der Waals surface area (Å²) in [5.74, 6) is 0. The second-order valence-electron chi connectivity index (χ2n) is 7.75. The van der Waals surface area contributed by atoms with Crippen molar-refractivity contribution in [1.82, 2.24) is 4.90 Å². The maximum atomic E-state index is 9.34. The van der Waals surface area contributed by atoms with Crippen LogP contribution in [0.3, 0.4) is 0 Å². The van der Waals surface area contributed by atoms with Crippen LogP contribution in [0.15, 0.2) is 72.8 Å². The average Bonchev–Trinajstić information content (AvgIpc) is 2.80. The van der Waals surface area contributed by atoms with Gasteiger partial charge in [0.05, 0.1) is 24.8 Å². The highest BCUT2D eigenvalue weighted by Gasteiger charge is 2.15. The first-order chi connectivity index (χ1) is 14.7. The zero-order valence-electron chi connectivity index (χ0n) is 17.4. The van der Waals surface area contributed by atoms with E-state index in [-0.39, 0.29) is 0 Å². The summed E-state index contributed by atoms with van der Waals surface area (Å²) < 4.78 is 5.51. The van der Waals surface area contributed by atoms with Gasteiger partial charge in [-0.3, -0.25) is 4.90 Å². The summed E-state index contributed by atoms with van der Waals surface area (Å²) in [7, 11) is 2.16. The lowest BCUT2D eigenvalue weighted by atomic mass is 9.99. The maximum absolute atomic E-state index is 9.34. The largest absolute Gasteiger partial charge is 0.378 e. The van der Waals surface area contributed by atoms with Gasteiger partial charge in [0.15, 0.2) is 0 Å². The molecule has 3 aromatic carbocycles. The predicted molar refractivity (Wildman–Crippen MR) is 121 cm³/mol. The van der Waals surface area contributed by atoms with Gasteiger partial charge in [0.25, 0.3) is 0 Å². The van der Waals surface area contributed by atoms with Gasteiger partial charge in [0.1, 0.15) is 0 Å². The fourth-order valence-corrected chi connectivity index (χ4v) is 4.04. The summed E-state index contributed by atoms with van der Waals surface area (Å²) in [6.07, 6.45) is 0. The zero-order valence-corrected chi connectivity index (χ0v) is 17.4. The molecule has 0 amide bonds. The summed E-state index contributed by atoms with van der Waals surface area (Å²) in [4.78, 5) is 4.77. The van der Waals surface area contributed by atoms with E-state index in [0.29, 0.717) is 5.56 Å². The van der Waals surface area contributed by atoms with Crippen LogP contribution in [0.25, 0.3) is 11.1 Å². The molecule has 1 heterocycles. The molecule has 0 unspecified atom stereocenters. The minimum absolute atomic E-state index is 0.710. The molecule has 0 radical (unpaired) electrons. The molecule has 0 bridgehead atoms. The molecule has 4 nitrogen and oxygen atoms in total. The number of rotatable bonds is 6. The Morgan fingerprint density at radius 2 is 1.60 bits per heavy atom. The first-order valence-electron chi connectivity index (χ1n) is 10.4. The van der Waals surface area contributed by atoms with E-state index in [1.165, 1.54) is 16.8 Å². The Labute approximate surface area is 178 Å². The smallest absolute Gasteiger partial charge is 0.0998 e. The molecule has 0 aliphatic carbocycles. The Kier molecular flexibility index (Phi) is 6.44. The second kappa shape index (κ2) is 9.58. The van der Waals surface area contributed by atoms with E-state index in [4.69, 9.17) is 4.74 Å². The SMILES string of the molecule is CN(Cc1ccc(-c2ccccc2C#N)cc1)Cc1ccccc1N1CCOCC1. The number of anilines is 1. The van der Waals surface area contributed by atoms with Gasteiger partial charge in [-0.2, -0.15) is 5.26 Å². The number of nitrogens with zero attached hydrogens (tertiary/aromatic N) is 3. The van der Waals surface area contributed by atoms with E-state index >= 15 is 0 Å². The summed E-state index contributed by atoms with van der Waals surface area (Å²) in [5, 5.41) is 9.34. The molecule has 4 heteroatoms. The van der Waals surface area contributed by atoms with Crippen molar-refractivity contribution in [1.29, 1.82) is 5.26 Å². The fourth-order valence-electron chi connectivity index (χ4n) is 4.04. The zero-order chi connectivity index (χ0) is 20.8. The minimum Gasteiger partial charge on any atom is -0.378 e. The van der Waals surface area contributed by atoms with E-state index in [9.17, 15) is 5.26 Å². The maximum Gasteiger partial charge on any atom is 0.0998 e. The Hall–Kier alpha value is -3.13. The standard InChI is InChI=1S/C26H27N3O/c1-28(20-24-7-3-5-9-26(24)29-14-16-30-17-15-29)19-21-10-12-22(13-11-21)25-8-4-2-6-23(25)18-27/h2-13H,14-17,19-20H2,1H3. The molecular weight excluding hydrogens is 370 g/mol. The summed E-state index contributed by atoms with van der Waals surface area (Å²) in [6, 6.07) is 27.3. The highest BCUT2D eigenvalue weighted by atomic mass is 16.5. The Morgan fingerprint density at radius 1 is 0.900 bits per heavy atom. The fraction of sp³-hybridized carbons (Fsp3) is 0.269. The molecular formula is C26H27N3O. The van der Waals surface area contributed by atoms with Gasteiger partial charge in [-0.1, -0.05) is 60.7 Å². The molecule has 1 saturated heterocycles. The number of nitriles is 1. The van der Waals surface area contributed by atoms with Crippen LogP contribution in [0.1, 0.15) is 16.7 Å². The predicted octanol–water partition coefficient (Wildman–Crippen LogP) is 4.69. The van der Waals surface area contributed by atoms with Crippen LogP contribution in [0.4, 0.5) is 5.69 Å². The van der Waals surface area contributed by atoms with Crippen LogP contribution in [0.5, 0.6) is 0 Å². The van der Waals surface area contributed by atoms with Crippen LogP contribution in [-0.4, -0.2) is 38.3 Å². The number of benzene rings is 3. The minimum atomic E-state index is 0.710. The van der Waals surface area contributed by atoms with Crippen molar-refractivity contribution in [2.75, 3.05) is 38.3 Å². The molecule has 152 valence electrons. The van der Waals surface area contributed by atoms with Gasteiger partial charge in [0.2, 0.25) is 0 Å².